The number of carbonyl (C=O) groups excluding carboxylic acids is 1. The first-order valence-corrected chi connectivity index (χ1v) is 7.49. The van der Waals surface area contributed by atoms with Gasteiger partial charge in [-0.3, -0.25) is 4.79 Å². The summed E-state index contributed by atoms with van der Waals surface area (Å²) < 4.78 is 19.3. The zero-order valence-corrected chi connectivity index (χ0v) is 12.6. The molecule has 1 fully saturated rings. The quantitative estimate of drug-likeness (QED) is 0.877. The van der Waals surface area contributed by atoms with Crippen molar-refractivity contribution in [2.45, 2.75) is 57.7 Å². The largest absolute Gasteiger partial charge is 0.481 e. The summed E-state index contributed by atoms with van der Waals surface area (Å²) in [6.07, 6.45) is 3.71. The molecule has 3 N–H and O–H groups in total. The fraction of sp³-hybridized carbons (Fsp3) is 0.562. The third-order valence-electron chi connectivity index (χ3n) is 3.85. The lowest BCUT2D eigenvalue weighted by atomic mass is 10.1. The molecule has 1 aliphatic carbocycles. The van der Waals surface area contributed by atoms with Gasteiger partial charge in [0.1, 0.15) is 11.6 Å². The van der Waals surface area contributed by atoms with Gasteiger partial charge in [-0.15, -0.1) is 0 Å². The number of hydrogen-bond acceptors (Lipinski definition) is 3. The molecule has 1 unspecified atom stereocenters. The number of halogens is 1. The zero-order valence-electron chi connectivity index (χ0n) is 12.6. The van der Waals surface area contributed by atoms with E-state index in [-0.39, 0.29) is 18.0 Å². The Bertz CT molecular complexity index is 499. The standard InChI is InChI=1S/C16H23FN2O2/c1-10(18)14-8-7-13(9-15(14)17)21-11(2)16(20)19-12-5-3-4-6-12/h7-12H,3-6,18H2,1-2H3,(H,19,20)/t10-,11?/m1/s1. The van der Waals surface area contributed by atoms with E-state index < -0.39 is 11.9 Å². The van der Waals surface area contributed by atoms with Gasteiger partial charge in [0, 0.05) is 23.7 Å². The smallest absolute Gasteiger partial charge is 0.260 e. The van der Waals surface area contributed by atoms with Crippen molar-refractivity contribution < 1.29 is 13.9 Å². The maximum absolute atomic E-state index is 13.8. The van der Waals surface area contributed by atoms with E-state index in [1.165, 1.54) is 6.07 Å². The van der Waals surface area contributed by atoms with E-state index in [0.717, 1.165) is 25.7 Å². The SMILES string of the molecule is CC(Oc1ccc([C@@H](C)N)c(F)c1)C(=O)NC1CCCC1. The second kappa shape index (κ2) is 6.89. The van der Waals surface area contributed by atoms with E-state index in [0.29, 0.717) is 11.3 Å². The molecule has 4 nitrogen and oxygen atoms in total. The van der Waals surface area contributed by atoms with Crippen molar-refractivity contribution in [3.05, 3.63) is 29.6 Å². The number of amides is 1. The highest BCUT2D eigenvalue weighted by atomic mass is 19.1. The lowest BCUT2D eigenvalue weighted by Crippen LogP contribution is -2.41. The minimum Gasteiger partial charge on any atom is -0.481 e. The van der Waals surface area contributed by atoms with Crippen LogP contribution in [0.5, 0.6) is 5.75 Å². The molecule has 0 bridgehead atoms. The molecule has 1 aliphatic rings. The maximum atomic E-state index is 13.8. The lowest BCUT2D eigenvalue weighted by Gasteiger charge is -2.18. The Morgan fingerprint density at radius 2 is 2.05 bits per heavy atom. The molecule has 1 aromatic rings. The van der Waals surface area contributed by atoms with Gasteiger partial charge in [0.2, 0.25) is 0 Å². The van der Waals surface area contributed by atoms with Crippen LogP contribution in [0.15, 0.2) is 18.2 Å². The van der Waals surface area contributed by atoms with Crippen LogP contribution in [0.1, 0.15) is 51.1 Å². The third kappa shape index (κ3) is 4.17. The summed E-state index contributed by atoms with van der Waals surface area (Å²) >= 11 is 0. The molecule has 116 valence electrons. The van der Waals surface area contributed by atoms with E-state index in [1.807, 2.05) is 0 Å². The minimum absolute atomic E-state index is 0.154. The Balaban J connectivity index is 1.93. The van der Waals surface area contributed by atoms with E-state index in [1.54, 1.807) is 26.0 Å². The number of benzene rings is 1. The van der Waals surface area contributed by atoms with E-state index in [2.05, 4.69) is 5.32 Å². The zero-order chi connectivity index (χ0) is 15.4. The Labute approximate surface area is 124 Å². The summed E-state index contributed by atoms with van der Waals surface area (Å²) in [5.41, 5.74) is 6.10. The van der Waals surface area contributed by atoms with Crippen LogP contribution in [-0.4, -0.2) is 18.1 Å². The Hall–Kier alpha value is -1.62. The lowest BCUT2D eigenvalue weighted by molar-refractivity contribution is -0.127. The summed E-state index contributed by atoms with van der Waals surface area (Å²) in [5.74, 6) is -0.226. The number of carbonyl (C=O) groups is 1. The van der Waals surface area contributed by atoms with Gasteiger partial charge in [0.25, 0.3) is 5.91 Å². The van der Waals surface area contributed by atoms with Crippen LogP contribution in [0.2, 0.25) is 0 Å². The van der Waals surface area contributed by atoms with Crippen molar-refractivity contribution in [2.75, 3.05) is 0 Å². The topological polar surface area (TPSA) is 64.3 Å². The van der Waals surface area contributed by atoms with E-state index in [4.69, 9.17) is 10.5 Å². The molecular weight excluding hydrogens is 271 g/mol. The molecule has 0 radical (unpaired) electrons. The maximum Gasteiger partial charge on any atom is 0.260 e. The van der Waals surface area contributed by atoms with Crippen LogP contribution in [0.3, 0.4) is 0 Å². The van der Waals surface area contributed by atoms with Crippen LogP contribution in [0, 0.1) is 5.82 Å². The summed E-state index contributed by atoms with van der Waals surface area (Å²) in [6.45, 7) is 3.39. The summed E-state index contributed by atoms with van der Waals surface area (Å²) in [4.78, 5) is 12.0. The van der Waals surface area contributed by atoms with Crippen molar-refractivity contribution in [3.63, 3.8) is 0 Å². The predicted octanol–water partition coefficient (Wildman–Crippen LogP) is 2.67. The second-order valence-corrected chi connectivity index (χ2v) is 5.72. The summed E-state index contributed by atoms with van der Waals surface area (Å²) in [5, 5.41) is 2.97. The van der Waals surface area contributed by atoms with Crippen LogP contribution in [-0.2, 0) is 4.79 Å². The number of rotatable bonds is 5. The Morgan fingerprint density at radius 3 is 2.62 bits per heavy atom. The summed E-state index contributed by atoms with van der Waals surface area (Å²) in [7, 11) is 0. The Kier molecular flexibility index (Phi) is 5.17. The molecule has 1 aromatic carbocycles. The van der Waals surface area contributed by atoms with Crippen LogP contribution < -0.4 is 15.8 Å². The molecule has 21 heavy (non-hydrogen) atoms. The normalized spacial score (nSPS) is 18.3. The minimum atomic E-state index is -0.647. The van der Waals surface area contributed by atoms with Gasteiger partial charge >= 0.3 is 0 Å². The van der Waals surface area contributed by atoms with Crippen LogP contribution >= 0.6 is 0 Å². The molecule has 1 amide bonds. The number of hydrogen-bond donors (Lipinski definition) is 2. The van der Waals surface area contributed by atoms with Crippen molar-refractivity contribution in [1.29, 1.82) is 0 Å². The van der Waals surface area contributed by atoms with Gasteiger partial charge in [-0.25, -0.2) is 4.39 Å². The monoisotopic (exact) mass is 294 g/mol. The molecule has 1 saturated carbocycles. The van der Waals surface area contributed by atoms with Crippen molar-refractivity contribution in [3.8, 4) is 5.75 Å². The first-order valence-electron chi connectivity index (χ1n) is 7.49. The molecule has 0 aromatic heterocycles. The van der Waals surface area contributed by atoms with Crippen LogP contribution in [0.4, 0.5) is 4.39 Å². The molecule has 0 aliphatic heterocycles. The molecule has 5 heteroatoms. The highest BCUT2D eigenvalue weighted by Crippen LogP contribution is 2.22. The van der Waals surface area contributed by atoms with Gasteiger partial charge in [0.05, 0.1) is 0 Å². The van der Waals surface area contributed by atoms with Gasteiger partial charge in [-0.05, 0) is 32.8 Å². The molecular formula is C16H23FN2O2. The van der Waals surface area contributed by atoms with Crippen molar-refractivity contribution in [1.82, 2.24) is 5.32 Å². The van der Waals surface area contributed by atoms with Gasteiger partial charge in [-0.1, -0.05) is 18.9 Å². The average Bonchev–Trinajstić information content (AvgIpc) is 2.91. The van der Waals surface area contributed by atoms with Crippen LogP contribution in [0.25, 0.3) is 0 Å². The fourth-order valence-electron chi connectivity index (χ4n) is 2.60. The number of nitrogens with two attached hydrogens (primary N) is 1. The number of ether oxygens (including phenoxy) is 1. The highest BCUT2D eigenvalue weighted by Gasteiger charge is 2.22. The fourth-order valence-corrected chi connectivity index (χ4v) is 2.60. The van der Waals surface area contributed by atoms with E-state index in [9.17, 15) is 9.18 Å². The third-order valence-corrected chi connectivity index (χ3v) is 3.85. The van der Waals surface area contributed by atoms with Gasteiger partial charge < -0.3 is 15.8 Å². The first-order chi connectivity index (χ1) is 9.97. The molecule has 2 rings (SSSR count). The molecule has 0 heterocycles. The first kappa shape index (κ1) is 15.8. The molecule has 0 spiro atoms. The van der Waals surface area contributed by atoms with Gasteiger partial charge in [-0.2, -0.15) is 0 Å². The molecule has 0 saturated heterocycles. The average molecular weight is 294 g/mol. The molecule has 2 atom stereocenters. The predicted molar refractivity (Wildman–Crippen MR) is 79.5 cm³/mol. The van der Waals surface area contributed by atoms with Gasteiger partial charge in [0.15, 0.2) is 6.10 Å². The van der Waals surface area contributed by atoms with Crippen molar-refractivity contribution in [2.24, 2.45) is 5.73 Å². The second-order valence-electron chi connectivity index (χ2n) is 5.72. The highest BCUT2D eigenvalue weighted by molar-refractivity contribution is 5.81. The van der Waals surface area contributed by atoms with E-state index >= 15 is 0 Å². The van der Waals surface area contributed by atoms with Crippen molar-refractivity contribution >= 4 is 5.91 Å². The number of nitrogens with one attached hydrogen (secondary N) is 1. The Morgan fingerprint density at radius 1 is 1.38 bits per heavy atom. The summed E-state index contributed by atoms with van der Waals surface area (Å²) in [6, 6.07) is 4.39.